The van der Waals surface area contributed by atoms with Crippen LogP contribution in [0.4, 0.5) is 0 Å². The molecule has 0 unspecified atom stereocenters. The van der Waals surface area contributed by atoms with E-state index in [2.05, 4.69) is 69.0 Å². The first-order valence-electron chi connectivity index (χ1n) is 12.3. The molecule has 0 atom stereocenters. The number of rotatable bonds is 8. The molecule has 0 aliphatic carbocycles. The van der Waals surface area contributed by atoms with Crippen LogP contribution < -0.4 is 4.74 Å². The molecule has 1 fully saturated rings. The number of hydrogen-bond acceptors (Lipinski definition) is 4. The third kappa shape index (κ3) is 5.32. The van der Waals surface area contributed by atoms with Crippen molar-refractivity contribution in [2.75, 3.05) is 32.8 Å². The molecule has 1 saturated heterocycles. The number of aromatic nitrogens is 2. The fourth-order valence-electron chi connectivity index (χ4n) is 4.54. The molecule has 0 amide bonds. The van der Waals surface area contributed by atoms with Gasteiger partial charge in [-0.2, -0.15) is 0 Å². The van der Waals surface area contributed by atoms with Crippen molar-refractivity contribution in [3.05, 3.63) is 78.6 Å². The predicted molar refractivity (Wildman–Crippen MR) is 137 cm³/mol. The summed E-state index contributed by atoms with van der Waals surface area (Å²) >= 11 is 0. The highest BCUT2D eigenvalue weighted by Gasteiger charge is 2.10. The first kappa shape index (κ1) is 22.6. The van der Waals surface area contributed by atoms with Gasteiger partial charge in [0.25, 0.3) is 0 Å². The fraction of sp³-hybridized carbons (Fsp3) is 0.345. The van der Waals surface area contributed by atoms with Crippen LogP contribution in [-0.4, -0.2) is 53.2 Å². The highest BCUT2D eigenvalue weighted by molar-refractivity contribution is 5.69. The second-order valence-corrected chi connectivity index (χ2v) is 9.23. The molecule has 0 spiro atoms. The SMILES string of the molecule is CC(C)Oc1ccc(-c2cnc3ccc(-c4ccc(CCCN5CCOCC5)cc4)cn23)cc1. The Kier molecular flexibility index (Phi) is 6.93. The highest BCUT2D eigenvalue weighted by atomic mass is 16.5. The summed E-state index contributed by atoms with van der Waals surface area (Å²) in [6.45, 7) is 9.09. The monoisotopic (exact) mass is 455 g/mol. The number of benzene rings is 2. The number of hydrogen-bond donors (Lipinski definition) is 0. The molecule has 5 rings (SSSR count). The average Bonchev–Trinajstić information content (AvgIpc) is 3.29. The lowest BCUT2D eigenvalue weighted by Crippen LogP contribution is -2.36. The second-order valence-electron chi connectivity index (χ2n) is 9.23. The number of ether oxygens (including phenoxy) is 2. The van der Waals surface area contributed by atoms with Crippen molar-refractivity contribution in [2.24, 2.45) is 0 Å². The Balaban J connectivity index is 1.29. The zero-order valence-corrected chi connectivity index (χ0v) is 20.1. The number of morpholine rings is 1. The topological polar surface area (TPSA) is 39.0 Å². The maximum Gasteiger partial charge on any atom is 0.137 e. The van der Waals surface area contributed by atoms with Gasteiger partial charge in [-0.1, -0.05) is 24.3 Å². The minimum absolute atomic E-state index is 0.167. The lowest BCUT2D eigenvalue weighted by atomic mass is 10.0. The van der Waals surface area contributed by atoms with Crippen molar-refractivity contribution in [1.82, 2.24) is 14.3 Å². The Labute approximate surface area is 202 Å². The van der Waals surface area contributed by atoms with Crippen LogP contribution in [0.1, 0.15) is 25.8 Å². The summed E-state index contributed by atoms with van der Waals surface area (Å²) in [6.07, 6.45) is 6.59. The molecule has 5 heteroatoms. The van der Waals surface area contributed by atoms with Gasteiger partial charge >= 0.3 is 0 Å². The third-order valence-electron chi connectivity index (χ3n) is 6.36. The van der Waals surface area contributed by atoms with E-state index in [9.17, 15) is 0 Å². The third-order valence-corrected chi connectivity index (χ3v) is 6.36. The molecule has 0 radical (unpaired) electrons. The van der Waals surface area contributed by atoms with Crippen molar-refractivity contribution >= 4 is 5.65 Å². The van der Waals surface area contributed by atoms with Crippen LogP contribution in [-0.2, 0) is 11.2 Å². The molecule has 0 N–H and O–H groups in total. The molecule has 5 nitrogen and oxygen atoms in total. The summed E-state index contributed by atoms with van der Waals surface area (Å²) < 4.78 is 13.4. The number of nitrogens with zero attached hydrogens (tertiary/aromatic N) is 3. The van der Waals surface area contributed by atoms with Gasteiger partial charge in [0, 0.05) is 24.8 Å². The zero-order valence-electron chi connectivity index (χ0n) is 20.1. The van der Waals surface area contributed by atoms with E-state index in [4.69, 9.17) is 9.47 Å². The van der Waals surface area contributed by atoms with E-state index in [-0.39, 0.29) is 6.10 Å². The van der Waals surface area contributed by atoms with E-state index in [0.717, 1.165) is 61.9 Å². The van der Waals surface area contributed by atoms with Crippen molar-refractivity contribution in [3.8, 4) is 28.1 Å². The van der Waals surface area contributed by atoms with Gasteiger partial charge in [-0.25, -0.2) is 4.98 Å². The minimum atomic E-state index is 0.167. The first-order chi connectivity index (χ1) is 16.7. The Hall–Kier alpha value is -3.15. The van der Waals surface area contributed by atoms with Crippen LogP contribution in [0.3, 0.4) is 0 Å². The molecular weight excluding hydrogens is 422 g/mol. The van der Waals surface area contributed by atoms with Crippen molar-refractivity contribution < 1.29 is 9.47 Å². The maximum absolute atomic E-state index is 5.79. The van der Waals surface area contributed by atoms with Gasteiger partial charge in [-0.3, -0.25) is 9.30 Å². The predicted octanol–water partition coefficient (Wildman–Crippen LogP) is 5.72. The van der Waals surface area contributed by atoms with E-state index in [0.29, 0.717) is 0 Å². The summed E-state index contributed by atoms with van der Waals surface area (Å²) in [5, 5.41) is 0. The van der Waals surface area contributed by atoms with E-state index in [1.807, 2.05) is 32.2 Å². The normalized spacial score (nSPS) is 14.7. The second kappa shape index (κ2) is 10.4. The number of fused-ring (bicyclic) bond motifs is 1. The van der Waals surface area contributed by atoms with Gasteiger partial charge in [0.15, 0.2) is 0 Å². The fourth-order valence-corrected chi connectivity index (χ4v) is 4.54. The van der Waals surface area contributed by atoms with Crippen molar-refractivity contribution in [1.29, 1.82) is 0 Å². The van der Waals surface area contributed by atoms with Gasteiger partial charge in [-0.05, 0) is 86.3 Å². The van der Waals surface area contributed by atoms with Gasteiger partial charge in [0.2, 0.25) is 0 Å². The van der Waals surface area contributed by atoms with E-state index < -0.39 is 0 Å². The Morgan fingerprint density at radius 1 is 0.882 bits per heavy atom. The van der Waals surface area contributed by atoms with E-state index >= 15 is 0 Å². The average molecular weight is 456 g/mol. The Bertz CT molecular complexity index is 1210. The van der Waals surface area contributed by atoms with Gasteiger partial charge in [0.05, 0.1) is 31.2 Å². The quantitative estimate of drug-likeness (QED) is 0.341. The van der Waals surface area contributed by atoms with E-state index in [1.54, 1.807) is 0 Å². The Morgan fingerprint density at radius 2 is 1.59 bits per heavy atom. The summed E-state index contributed by atoms with van der Waals surface area (Å²) in [7, 11) is 0. The van der Waals surface area contributed by atoms with Crippen LogP contribution >= 0.6 is 0 Å². The largest absolute Gasteiger partial charge is 0.491 e. The summed E-state index contributed by atoms with van der Waals surface area (Å²) in [6, 6.07) is 21.5. The molecule has 3 heterocycles. The minimum Gasteiger partial charge on any atom is -0.491 e. The molecule has 4 aromatic rings. The molecular formula is C29H33N3O2. The number of aryl methyl sites for hydroxylation is 1. The molecule has 2 aromatic carbocycles. The molecule has 1 aliphatic heterocycles. The lowest BCUT2D eigenvalue weighted by Gasteiger charge is -2.26. The molecule has 34 heavy (non-hydrogen) atoms. The van der Waals surface area contributed by atoms with Crippen LogP contribution in [0.2, 0.25) is 0 Å². The molecule has 0 bridgehead atoms. The summed E-state index contributed by atoms with van der Waals surface area (Å²) in [4.78, 5) is 7.11. The number of imidazole rings is 1. The van der Waals surface area contributed by atoms with Crippen molar-refractivity contribution in [3.63, 3.8) is 0 Å². The smallest absolute Gasteiger partial charge is 0.137 e. The Morgan fingerprint density at radius 3 is 2.32 bits per heavy atom. The highest BCUT2D eigenvalue weighted by Crippen LogP contribution is 2.27. The van der Waals surface area contributed by atoms with Crippen LogP contribution in [0.15, 0.2) is 73.1 Å². The zero-order chi connectivity index (χ0) is 23.3. The van der Waals surface area contributed by atoms with Gasteiger partial charge in [-0.15, -0.1) is 0 Å². The van der Waals surface area contributed by atoms with Crippen LogP contribution in [0.25, 0.3) is 28.0 Å². The van der Waals surface area contributed by atoms with Crippen LogP contribution in [0.5, 0.6) is 5.75 Å². The molecule has 176 valence electrons. The van der Waals surface area contributed by atoms with Gasteiger partial charge in [0.1, 0.15) is 11.4 Å². The van der Waals surface area contributed by atoms with Gasteiger partial charge < -0.3 is 9.47 Å². The molecule has 1 aliphatic rings. The first-order valence-corrected chi connectivity index (χ1v) is 12.3. The van der Waals surface area contributed by atoms with Crippen LogP contribution in [0, 0.1) is 0 Å². The van der Waals surface area contributed by atoms with E-state index in [1.165, 1.54) is 23.1 Å². The lowest BCUT2D eigenvalue weighted by molar-refractivity contribution is 0.0375. The summed E-state index contributed by atoms with van der Waals surface area (Å²) in [5.74, 6) is 0.887. The summed E-state index contributed by atoms with van der Waals surface area (Å²) in [5.41, 5.74) is 6.95. The maximum atomic E-state index is 5.79. The molecule has 0 saturated carbocycles. The van der Waals surface area contributed by atoms with Crippen molar-refractivity contribution in [2.45, 2.75) is 32.8 Å². The number of pyridine rings is 1. The molecule has 2 aromatic heterocycles. The standard InChI is InChI=1S/C29H33N3O2/c1-22(2)34-27-12-9-25(10-13-27)28-20-30-29-14-11-26(21-32(28)29)24-7-5-23(6-8-24)4-3-15-31-16-18-33-19-17-31/h5-14,20-22H,3-4,15-19H2,1-2H3.